The van der Waals surface area contributed by atoms with Crippen molar-refractivity contribution in [3.05, 3.63) is 51.0 Å². The first-order valence-electron chi connectivity index (χ1n) is 7.35. The number of carbonyl (C=O) groups is 1. The van der Waals surface area contributed by atoms with Crippen molar-refractivity contribution in [1.29, 1.82) is 0 Å². The quantitative estimate of drug-likeness (QED) is 0.717. The monoisotopic (exact) mass is 348 g/mol. The molecule has 128 valence electrons. The van der Waals surface area contributed by atoms with Gasteiger partial charge in [0.1, 0.15) is 12.4 Å². The molecular formula is C17H20N2O4S. The molecule has 0 aliphatic rings. The summed E-state index contributed by atoms with van der Waals surface area (Å²) in [6.45, 7) is 6.44. The lowest BCUT2D eigenvalue weighted by atomic mass is 10.1. The smallest absolute Gasteiger partial charge is 0.317 e. The average molecular weight is 348 g/mol. The van der Waals surface area contributed by atoms with Crippen LogP contribution in [0.3, 0.4) is 0 Å². The second-order valence-electron chi connectivity index (χ2n) is 5.65. The van der Waals surface area contributed by atoms with E-state index in [-0.39, 0.29) is 11.4 Å². The number of rotatable bonds is 8. The van der Waals surface area contributed by atoms with E-state index in [2.05, 4.69) is 11.6 Å². The zero-order valence-corrected chi connectivity index (χ0v) is 14.5. The highest BCUT2D eigenvalue weighted by atomic mass is 32.1. The van der Waals surface area contributed by atoms with E-state index < -0.39 is 5.97 Å². The highest BCUT2D eigenvalue weighted by molar-refractivity contribution is 7.09. The number of benzene rings is 1. The molecule has 2 rings (SSSR count). The molecule has 1 aromatic carbocycles. The molecule has 0 aliphatic heterocycles. The fourth-order valence-corrected chi connectivity index (χ4v) is 3.09. The minimum atomic E-state index is -0.902. The van der Waals surface area contributed by atoms with Crippen molar-refractivity contribution in [2.75, 3.05) is 20.2 Å². The van der Waals surface area contributed by atoms with Crippen LogP contribution in [0.4, 0.5) is 0 Å². The molecule has 1 heterocycles. The molecule has 7 heteroatoms. The summed E-state index contributed by atoms with van der Waals surface area (Å²) in [6.07, 6.45) is 0. The Balaban J connectivity index is 2.18. The van der Waals surface area contributed by atoms with Crippen LogP contribution in [-0.4, -0.2) is 41.2 Å². The van der Waals surface area contributed by atoms with E-state index in [1.54, 1.807) is 11.9 Å². The van der Waals surface area contributed by atoms with E-state index in [9.17, 15) is 9.59 Å². The number of hydrogen-bond donors (Lipinski definition) is 2. The van der Waals surface area contributed by atoms with Gasteiger partial charge in [0.2, 0.25) is 0 Å². The van der Waals surface area contributed by atoms with E-state index in [0.29, 0.717) is 18.8 Å². The van der Waals surface area contributed by atoms with Crippen LogP contribution in [0.25, 0.3) is 11.3 Å². The Hall–Kier alpha value is -2.38. The first kappa shape index (κ1) is 18.0. The summed E-state index contributed by atoms with van der Waals surface area (Å²) in [6, 6.07) is 7.40. The number of hydrogen-bond acceptors (Lipinski definition) is 5. The zero-order chi connectivity index (χ0) is 17.7. The second kappa shape index (κ2) is 7.94. The Morgan fingerprint density at radius 1 is 1.38 bits per heavy atom. The van der Waals surface area contributed by atoms with Crippen molar-refractivity contribution < 1.29 is 14.6 Å². The number of carboxylic acid groups (broad SMARTS) is 1. The number of likely N-dealkylation sites (N-methyl/N-ethyl adjacent to an activating group) is 1. The Kier molecular flexibility index (Phi) is 5.94. The summed E-state index contributed by atoms with van der Waals surface area (Å²) in [5, 5.41) is 8.85. The number of aromatic nitrogens is 1. The number of thiazole rings is 1. The van der Waals surface area contributed by atoms with E-state index in [4.69, 9.17) is 9.84 Å². The second-order valence-corrected chi connectivity index (χ2v) is 6.72. The standard InChI is InChI=1S/C17H20N2O4S/c1-11(2)10-23-13-6-4-12(5-7-13)16-14(24-17(22)18-16)8-19(3)9-15(20)21/h4-7H,1,8-10H2,2-3H3,(H,18,22)(H,20,21). The van der Waals surface area contributed by atoms with Crippen LogP contribution in [0.2, 0.25) is 0 Å². The van der Waals surface area contributed by atoms with E-state index in [1.807, 2.05) is 31.2 Å². The topological polar surface area (TPSA) is 82.6 Å². The van der Waals surface area contributed by atoms with Crippen molar-refractivity contribution in [3.63, 3.8) is 0 Å². The van der Waals surface area contributed by atoms with Gasteiger partial charge in [0.05, 0.1) is 12.2 Å². The SMILES string of the molecule is C=C(C)COc1ccc(-c2[nH]c(=O)sc2CN(C)CC(=O)O)cc1. The number of nitrogens with zero attached hydrogens (tertiary/aromatic N) is 1. The van der Waals surface area contributed by atoms with E-state index in [0.717, 1.165) is 33.1 Å². The maximum atomic E-state index is 11.7. The molecule has 0 fully saturated rings. The maximum absolute atomic E-state index is 11.7. The van der Waals surface area contributed by atoms with Crippen LogP contribution in [0.15, 0.2) is 41.2 Å². The Morgan fingerprint density at radius 2 is 2.04 bits per heavy atom. The van der Waals surface area contributed by atoms with Gasteiger partial charge in [-0.2, -0.15) is 0 Å². The predicted molar refractivity (Wildman–Crippen MR) is 94.7 cm³/mol. The van der Waals surface area contributed by atoms with Gasteiger partial charge in [-0.25, -0.2) is 0 Å². The van der Waals surface area contributed by atoms with E-state index >= 15 is 0 Å². The van der Waals surface area contributed by atoms with Crippen molar-refractivity contribution in [2.45, 2.75) is 13.5 Å². The summed E-state index contributed by atoms with van der Waals surface area (Å²) in [4.78, 5) is 27.6. The lowest BCUT2D eigenvalue weighted by molar-refractivity contribution is -0.138. The lowest BCUT2D eigenvalue weighted by Gasteiger charge is -2.13. The van der Waals surface area contributed by atoms with Crippen LogP contribution in [-0.2, 0) is 11.3 Å². The third-order valence-corrected chi connectivity index (χ3v) is 4.04. The van der Waals surface area contributed by atoms with Gasteiger partial charge in [0.15, 0.2) is 0 Å². The molecule has 0 saturated heterocycles. The summed E-state index contributed by atoms with van der Waals surface area (Å²) >= 11 is 1.09. The lowest BCUT2D eigenvalue weighted by Crippen LogP contribution is -2.24. The van der Waals surface area contributed by atoms with Crippen LogP contribution in [0.5, 0.6) is 5.75 Å². The molecule has 0 amide bonds. The molecule has 24 heavy (non-hydrogen) atoms. The largest absolute Gasteiger partial charge is 0.489 e. The highest BCUT2D eigenvalue weighted by Gasteiger charge is 2.14. The molecule has 0 bridgehead atoms. The number of nitrogens with one attached hydrogen (secondary N) is 1. The first-order chi connectivity index (χ1) is 11.3. The molecular weight excluding hydrogens is 328 g/mol. The average Bonchev–Trinajstić information content (AvgIpc) is 2.85. The van der Waals surface area contributed by atoms with Crippen LogP contribution >= 0.6 is 11.3 Å². The minimum Gasteiger partial charge on any atom is -0.489 e. The molecule has 0 aliphatic carbocycles. The Bertz CT molecular complexity index is 777. The third kappa shape index (κ3) is 5.07. The van der Waals surface area contributed by atoms with Gasteiger partial charge in [-0.05, 0) is 49.4 Å². The minimum absolute atomic E-state index is 0.0841. The molecule has 0 unspecified atom stereocenters. The summed E-state index contributed by atoms with van der Waals surface area (Å²) < 4.78 is 5.56. The van der Waals surface area contributed by atoms with Gasteiger partial charge < -0.3 is 14.8 Å². The first-order valence-corrected chi connectivity index (χ1v) is 8.16. The van der Waals surface area contributed by atoms with E-state index in [1.165, 1.54) is 0 Å². The van der Waals surface area contributed by atoms with Gasteiger partial charge in [-0.1, -0.05) is 17.9 Å². The van der Waals surface area contributed by atoms with Gasteiger partial charge in [-0.3, -0.25) is 14.5 Å². The van der Waals surface area contributed by atoms with Crippen molar-refractivity contribution in [2.24, 2.45) is 0 Å². The molecule has 6 nitrogen and oxygen atoms in total. The maximum Gasteiger partial charge on any atom is 0.317 e. The van der Waals surface area contributed by atoms with Gasteiger partial charge >= 0.3 is 10.8 Å². The Morgan fingerprint density at radius 3 is 2.62 bits per heavy atom. The summed E-state index contributed by atoms with van der Waals surface area (Å²) in [7, 11) is 1.71. The van der Waals surface area contributed by atoms with Gasteiger partial charge in [0.25, 0.3) is 0 Å². The van der Waals surface area contributed by atoms with Crippen molar-refractivity contribution >= 4 is 17.3 Å². The van der Waals surface area contributed by atoms with Crippen molar-refractivity contribution in [3.8, 4) is 17.0 Å². The van der Waals surface area contributed by atoms with Crippen LogP contribution in [0.1, 0.15) is 11.8 Å². The summed E-state index contributed by atoms with van der Waals surface area (Å²) in [5.74, 6) is -0.176. The molecule has 2 N–H and O–H groups in total. The fourth-order valence-electron chi connectivity index (χ4n) is 2.16. The fraction of sp³-hybridized carbons (Fsp3) is 0.294. The molecule has 2 aromatic rings. The number of aromatic amines is 1. The number of ether oxygens (including phenoxy) is 1. The molecule has 1 aromatic heterocycles. The summed E-state index contributed by atoms with van der Waals surface area (Å²) in [5.41, 5.74) is 2.51. The van der Waals surface area contributed by atoms with Gasteiger partial charge in [0, 0.05) is 11.4 Å². The molecule has 0 radical (unpaired) electrons. The molecule has 0 saturated carbocycles. The Labute approximate surface area is 144 Å². The molecule has 0 spiro atoms. The zero-order valence-electron chi connectivity index (χ0n) is 13.7. The number of aliphatic carboxylic acids is 1. The normalized spacial score (nSPS) is 10.8. The number of H-pyrrole nitrogens is 1. The van der Waals surface area contributed by atoms with Crippen molar-refractivity contribution in [1.82, 2.24) is 9.88 Å². The van der Waals surface area contributed by atoms with Crippen LogP contribution in [0, 0.1) is 0 Å². The molecule has 0 atom stereocenters. The predicted octanol–water partition coefficient (Wildman–Crippen LogP) is 2.57. The highest BCUT2D eigenvalue weighted by Crippen LogP contribution is 2.26. The van der Waals surface area contributed by atoms with Gasteiger partial charge in [-0.15, -0.1) is 0 Å². The third-order valence-electron chi connectivity index (χ3n) is 3.17. The number of carboxylic acids is 1. The van der Waals surface area contributed by atoms with Crippen LogP contribution < -0.4 is 9.61 Å².